The predicted molar refractivity (Wildman–Crippen MR) is 80.8 cm³/mol. The summed E-state index contributed by atoms with van der Waals surface area (Å²) in [6, 6.07) is 17.7. The number of carbonyl (C=O) groups is 1. The van der Waals surface area contributed by atoms with Gasteiger partial charge in [0.2, 0.25) is 0 Å². The van der Waals surface area contributed by atoms with Crippen LogP contribution in [0, 0.1) is 0 Å². The highest BCUT2D eigenvalue weighted by molar-refractivity contribution is 6.37. The number of Topliss-reactive ketones (excluding diaryl/α,β-unsaturated/α-hetero) is 1. The Morgan fingerprint density at radius 2 is 1.53 bits per heavy atom. The number of hydrogen-bond acceptors (Lipinski definition) is 1. The lowest BCUT2D eigenvalue weighted by Gasteiger charge is -2.18. The quantitative estimate of drug-likeness (QED) is 0.569. The van der Waals surface area contributed by atoms with E-state index in [1.54, 1.807) is 6.92 Å². The second-order valence-corrected chi connectivity index (χ2v) is 5.66. The minimum Gasteiger partial charge on any atom is -0.292 e. The third kappa shape index (κ3) is 3.05. The predicted octanol–water partition coefficient (Wildman–Crippen LogP) is 4.94. The van der Waals surface area contributed by atoms with Crippen LogP contribution in [0.15, 0.2) is 54.6 Å². The van der Waals surface area contributed by atoms with Gasteiger partial charge in [0.1, 0.15) is 4.87 Å². The monoisotopic (exact) mass is 272 g/mol. The Labute approximate surface area is 119 Å². The van der Waals surface area contributed by atoms with Gasteiger partial charge in [0.15, 0.2) is 5.78 Å². The van der Waals surface area contributed by atoms with Crippen molar-refractivity contribution in [3.63, 3.8) is 0 Å². The van der Waals surface area contributed by atoms with E-state index in [0.717, 1.165) is 11.1 Å². The number of ketones is 1. The fourth-order valence-corrected chi connectivity index (χ4v) is 2.02. The summed E-state index contributed by atoms with van der Waals surface area (Å²) in [6.07, 6.45) is 0.619. The molecule has 0 aromatic heterocycles. The molecular formula is C17H17ClO. The Balaban J connectivity index is 2.27. The molecule has 19 heavy (non-hydrogen) atoms. The Bertz CT molecular complexity index is 556. The van der Waals surface area contributed by atoms with Crippen LogP contribution in [0.5, 0.6) is 0 Å². The van der Waals surface area contributed by atoms with Crippen LogP contribution in [0.3, 0.4) is 0 Å². The summed E-state index contributed by atoms with van der Waals surface area (Å²) in [5.74, 6) is -0.0173. The van der Waals surface area contributed by atoms with Gasteiger partial charge in [-0.1, -0.05) is 61.5 Å². The van der Waals surface area contributed by atoms with E-state index in [4.69, 9.17) is 11.6 Å². The molecule has 1 atom stereocenters. The highest BCUT2D eigenvalue weighted by atomic mass is 35.5. The van der Waals surface area contributed by atoms with Crippen LogP contribution in [0.4, 0.5) is 0 Å². The molecule has 1 nitrogen and oxygen atoms in total. The molecule has 0 saturated carbocycles. The third-order valence-electron chi connectivity index (χ3n) is 3.39. The summed E-state index contributed by atoms with van der Waals surface area (Å²) in [4.78, 5) is 11.4. The zero-order valence-electron chi connectivity index (χ0n) is 11.2. The molecule has 1 unspecified atom stereocenters. The fourth-order valence-electron chi connectivity index (χ4n) is 1.91. The Morgan fingerprint density at radius 3 is 2.05 bits per heavy atom. The lowest BCUT2D eigenvalue weighted by atomic mass is 9.94. The number of alkyl halides is 1. The van der Waals surface area contributed by atoms with Gasteiger partial charge in [0.05, 0.1) is 0 Å². The first kappa shape index (κ1) is 13.8. The highest BCUT2D eigenvalue weighted by Gasteiger charge is 2.29. The maximum absolute atomic E-state index is 12.2. The van der Waals surface area contributed by atoms with Crippen LogP contribution in [-0.4, -0.2) is 10.7 Å². The first-order valence-electron chi connectivity index (χ1n) is 6.44. The van der Waals surface area contributed by atoms with E-state index in [-0.39, 0.29) is 5.78 Å². The molecule has 0 heterocycles. The van der Waals surface area contributed by atoms with Crippen LogP contribution in [0.25, 0.3) is 11.1 Å². The summed E-state index contributed by atoms with van der Waals surface area (Å²) >= 11 is 6.21. The minimum atomic E-state index is -0.811. The van der Waals surface area contributed by atoms with Crippen molar-refractivity contribution in [1.29, 1.82) is 0 Å². The van der Waals surface area contributed by atoms with Crippen molar-refractivity contribution in [3.05, 3.63) is 60.2 Å². The van der Waals surface area contributed by atoms with Crippen molar-refractivity contribution in [2.45, 2.75) is 25.1 Å². The van der Waals surface area contributed by atoms with Crippen LogP contribution in [0.1, 0.15) is 30.6 Å². The Morgan fingerprint density at radius 1 is 1.00 bits per heavy atom. The molecule has 0 radical (unpaired) electrons. The molecule has 2 rings (SSSR count). The van der Waals surface area contributed by atoms with Crippen molar-refractivity contribution < 1.29 is 4.79 Å². The molecule has 2 heteroatoms. The molecule has 0 aliphatic carbocycles. The van der Waals surface area contributed by atoms with Gasteiger partial charge in [0.25, 0.3) is 0 Å². The molecule has 0 amide bonds. The van der Waals surface area contributed by atoms with Gasteiger partial charge in [-0.3, -0.25) is 4.79 Å². The molecule has 0 N–H and O–H groups in total. The van der Waals surface area contributed by atoms with E-state index in [9.17, 15) is 4.79 Å². The largest absolute Gasteiger partial charge is 0.292 e. The zero-order valence-corrected chi connectivity index (χ0v) is 11.9. The normalized spacial score (nSPS) is 13.8. The van der Waals surface area contributed by atoms with Crippen LogP contribution in [0.2, 0.25) is 0 Å². The SMILES string of the molecule is CCC(C)(Cl)C(=O)c1ccc(-c2ccccc2)cc1. The van der Waals surface area contributed by atoms with Gasteiger partial charge in [-0.15, -0.1) is 11.6 Å². The van der Waals surface area contributed by atoms with Gasteiger partial charge in [-0.05, 0) is 24.5 Å². The maximum atomic E-state index is 12.2. The number of halogens is 1. The minimum absolute atomic E-state index is 0.0173. The van der Waals surface area contributed by atoms with Crippen LogP contribution in [-0.2, 0) is 0 Å². The second-order valence-electron chi connectivity index (χ2n) is 4.82. The maximum Gasteiger partial charge on any atom is 0.183 e. The number of hydrogen-bond donors (Lipinski definition) is 0. The molecule has 0 saturated heterocycles. The molecule has 0 aliphatic rings. The van der Waals surface area contributed by atoms with E-state index in [1.807, 2.05) is 49.4 Å². The van der Waals surface area contributed by atoms with E-state index in [0.29, 0.717) is 12.0 Å². The Hall–Kier alpha value is -1.60. The van der Waals surface area contributed by atoms with E-state index < -0.39 is 4.87 Å². The van der Waals surface area contributed by atoms with Crippen molar-refractivity contribution in [1.82, 2.24) is 0 Å². The lowest BCUT2D eigenvalue weighted by molar-refractivity contribution is 0.0944. The smallest absolute Gasteiger partial charge is 0.183 e. The van der Waals surface area contributed by atoms with Crippen molar-refractivity contribution in [3.8, 4) is 11.1 Å². The standard InChI is InChI=1S/C17H17ClO/c1-3-17(2,18)16(19)15-11-9-14(10-12-15)13-7-5-4-6-8-13/h4-12H,3H2,1-2H3. The molecule has 2 aromatic rings. The van der Waals surface area contributed by atoms with Gasteiger partial charge in [-0.2, -0.15) is 0 Å². The summed E-state index contributed by atoms with van der Waals surface area (Å²) in [5.41, 5.74) is 2.91. The molecule has 2 aromatic carbocycles. The van der Waals surface area contributed by atoms with E-state index in [2.05, 4.69) is 12.1 Å². The summed E-state index contributed by atoms with van der Waals surface area (Å²) in [7, 11) is 0. The fraction of sp³-hybridized carbons (Fsp3) is 0.235. The molecule has 0 aliphatic heterocycles. The molecule has 98 valence electrons. The molecule has 0 bridgehead atoms. The zero-order chi connectivity index (χ0) is 13.9. The average Bonchev–Trinajstić information content (AvgIpc) is 2.47. The van der Waals surface area contributed by atoms with Gasteiger partial charge in [-0.25, -0.2) is 0 Å². The van der Waals surface area contributed by atoms with Gasteiger partial charge in [0, 0.05) is 5.56 Å². The number of carbonyl (C=O) groups excluding carboxylic acids is 1. The average molecular weight is 273 g/mol. The van der Waals surface area contributed by atoms with E-state index >= 15 is 0 Å². The van der Waals surface area contributed by atoms with Crippen molar-refractivity contribution in [2.75, 3.05) is 0 Å². The van der Waals surface area contributed by atoms with Gasteiger partial charge >= 0.3 is 0 Å². The van der Waals surface area contributed by atoms with Crippen molar-refractivity contribution in [2.24, 2.45) is 0 Å². The Kier molecular flexibility index (Phi) is 4.06. The lowest BCUT2D eigenvalue weighted by Crippen LogP contribution is -2.27. The summed E-state index contributed by atoms with van der Waals surface area (Å²) in [6.45, 7) is 3.69. The second kappa shape index (κ2) is 5.58. The van der Waals surface area contributed by atoms with Crippen molar-refractivity contribution >= 4 is 17.4 Å². The summed E-state index contributed by atoms with van der Waals surface area (Å²) in [5, 5.41) is 0. The first-order chi connectivity index (χ1) is 9.04. The van der Waals surface area contributed by atoms with Crippen LogP contribution < -0.4 is 0 Å². The number of benzene rings is 2. The summed E-state index contributed by atoms with van der Waals surface area (Å²) < 4.78 is 0. The first-order valence-corrected chi connectivity index (χ1v) is 6.81. The van der Waals surface area contributed by atoms with Crippen LogP contribution >= 0.6 is 11.6 Å². The number of rotatable bonds is 4. The molecule has 0 spiro atoms. The highest BCUT2D eigenvalue weighted by Crippen LogP contribution is 2.26. The van der Waals surface area contributed by atoms with E-state index in [1.165, 1.54) is 0 Å². The molecular weight excluding hydrogens is 256 g/mol. The topological polar surface area (TPSA) is 17.1 Å². The third-order valence-corrected chi connectivity index (χ3v) is 3.83. The van der Waals surface area contributed by atoms with Gasteiger partial charge < -0.3 is 0 Å². The molecule has 0 fully saturated rings.